The average molecular weight is 461 g/mol. The Kier molecular flexibility index (Phi) is 6.04. The number of nitrogens with two attached hydrogens (primary N) is 1. The molecule has 3 heterocycles. The zero-order chi connectivity index (χ0) is 23.8. The third-order valence-electron chi connectivity index (χ3n) is 5.95. The second kappa shape index (κ2) is 8.66. The van der Waals surface area contributed by atoms with Crippen LogP contribution in [0.25, 0.3) is 22.2 Å². The Morgan fingerprint density at radius 1 is 1.27 bits per heavy atom. The summed E-state index contributed by atoms with van der Waals surface area (Å²) < 4.78 is 43.8. The van der Waals surface area contributed by atoms with Crippen LogP contribution >= 0.6 is 0 Å². The molecular formula is C23H26F3N5O2. The Bertz CT molecular complexity index is 1160. The molecule has 0 aromatic carbocycles. The number of H-pyrrole nitrogens is 1. The van der Waals surface area contributed by atoms with Crippen LogP contribution < -0.4 is 15.8 Å². The number of aromatic amines is 1. The monoisotopic (exact) mass is 461 g/mol. The SMILES string of the molecule is CC(C)[C@](N)(C(=O)NCC(F)(F)F)c1cncc(-c2c[nH]c3ncc(OCC4CC4)cc23)c1. The molecule has 1 aliphatic rings. The second-order valence-corrected chi connectivity index (χ2v) is 8.81. The quantitative estimate of drug-likeness (QED) is 0.472. The van der Waals surface area contributed by atoms with Crippen LogP contribution in [-0.2, 0) is 10.3 Å². The molecule has 33 heavy (non-hydrogen) atoms. The fourth-order valence-electron chi connectivity index (χ4n) is 3.67. The van der Waals surface area contributed by atoms with Gasteiger partial charge < -0.3 is 20.8 Å². The van der Waals surface area contributed by atoms with Crippen molar-refractivity contribution < 1.29 is 22.7 Å². The normalized spacial score (nSPS) is 16.1. The van der Waals surface area contributed by atoms with Gasteiger partial charge in [-0.15, -0.1) is 0 Å². The standard InChI is InChI=1S/C23H26F3N5O2/c1-13(2)23(27,21(32)31-12-22(24,25)26)16-5-15(7-28-8-16)19-10-30-20-18(19)6-17(9-29-20)33-11-14-3-4-14/h5-10,13-14H,3-4,11-12,27H2,1-2H3,(H,29,30)(H,31,32)/t23-/m1/s1. The number of rotatable bonds is 8. The number of alkyl halides is 3. The minimum Gasteiger partial charge on any atom is -0.492 e. The number of ether oxygens (including phenoxy) is 1. The minimum atomic E-state index is -4.54. The molecule has 0 unspecified atom stereocenters. The van der Waals surface area contributed by atoms with Gasteiger partial charge in [-0.05, 0) is 36.8 Å². The Balaban J connectivity index is 1.66. The smallest absolute Gasteiger partial charge is 0.405 e. The Morgan fingerprint density at radius 3 is 2.70 bits per heavy atom. The Hall–Kier alpha value is -3.14. The van der Waals surface area contributed by atoms with Crippen LogP contribution in [0.5, 0.6) is 5.75 Å². The molecule has 1 atom stereocenters. The summed E-state index contributed by atoms with van der Waals surface area (Å²) in [6.07, 6.45) is 4.26. The zero-order valence-corrected chi connectivity index (χ0v) is 18.4. The summed E-state index contributed by atoms with van der Waals surface area (Å²) >= 11 is 0. The van der Waals surface area contributed by atoms with Gasteiger partial charge >= 0.3 is 6.18 Å². The number of carbonyl (C=O) groups excluding carboxylic acids is 1. The molecular weight excluding hydrogens is 435 g/mol. The molecule has 4 rings (SSSR count). The van der Waals surface area contributed by atoms with Crippen molar-refractivity contribution in [1.82, 2.24) is 20.3 Å². The lowest BCUT2D eigenvalue weighted by Crippen LogP contribution is -2.56. The number of halogens is 3. The Morgan fingerprint density at radius 2 is 2.03 bits per heavy atom. The van der Waals surface area contributed by atoms with Crippen molar-refractivity contribution in [3.05, 3.63) is 42.5 Å². The second-order valence-electron chi connectivity index (χ2n) is 8.81. The van der Waals surface area contributed by atoms with E-state index in [1.165, 1.54) is 19.0 Å². The first-order valence-electron chi connectivity index (χ1n) is 10.8. The van der Waals surface area contributed by atoms with Gasteiger partial charge in [0.05, 0.1) is 12.8 Å². The average Bonchev–Trinajstić information content (AvgIpc) is 3.52. The number of nitrogens with one attached hydrogen (secondary N) is 2. The first-order valence-corrected chi connectivity index (χ1v) is 10.8. The highest BCUT2D eigenvalue weighted by molar-refractivity contribution is 5.95. The van der Waals surface area contributed by atoms with Gasteiger partial charge in [0.15, 0.2) is 0 Å². The van der Waals surface area contributed by atoms with Crippen LogP contribution in [0.1, 0.15) is 32.3 Å². The number of aromatic nitrogens is 3. The van der Waals surface area contributed by atoms with Gasteiger partial charge in [-0.3, -0.25) is 9.78 Å². The van der Waals surface area contributed by atoms with Gasteiger partial charge in [0, 0.05) is 40.7 Å². The summed E-state index contributed by atoms with van der Waals surface area (Å²) in [7, 11) is 0. The van der Waals surface area contributed by atoms with Crippen LogP contribution in [0.15, 0.2) is 36.9 Å². The first-order chi connectivity index (χ1) is 15.6. The van der Waals surface area contributed by atoms with E-state index in [-0.39, 0.29) is 0 Å². The van der Waals surface area contributed by atoms with Crippen molar-refractivity contribution in [3.8, 4) is 16.9 Å². The molecule has 0 bridgehead atoms. The molecule has 1 amide bonds. The molecule has 0 spiro atoms. The maximum atomic E-state index is 12.7. The number of fused-ring (bicyclic) bond motifs is 1. The summed E-state index contributed by atoms with van der Waals surface area (Å²) in [6, 6.07) is 3.57. The van der Waals surface area contributed by atoms with E-state index in [9.17, 15) is 18.0 Å². The molecule has 1 aliphatic carbocycles. The fourth-order valence-corrected chi connectivity index (χ4v) is 3.67. The van der Waals surface area contributed by atoms with E-state index in [1.807, 2.05) is 11.4 Å². The van der Waals surface area contributed by atoms with E-state index in [0.717, 1.165) is 10.9 Å². The van der Waals surface area contributed by atoms with Crippen molar-refractivity contribution in [2.45, 2.75) is 38.4 Å². The number of pyridine rings is 2. The first kappa shape index (κ1) is 23.0. The van der Waals surface area contributed by atoms with E-state index >= 15 is 0 Å². The third-order valence-corrected chi connectivity index (χ3v) is 5.95. The molecule has 176 valence electrons. The molecule has 3 aromatic rings. The predicted molar refractivity (Wildman–Crippen MR) is 117 cm³/mol. The number of hydrogen-bond acceptors (Lipinski definition) is 5. The molecule has 0 saturated heterocycles. The van der Waals surface area contributed by atoms with Gasteiger partial charge in [0.2, 0.25) is 5.91 Å². The van der Waals surface area contributed by atoms with Crippen LogP contribution in [-0.4, -0.2) is 40.2 Å². The van der Waals surface area contributed by atoms with Gasteiger partial charge in [-0.25, -0.2) is 4.98 Å². The number of hydrogen-bond donors (Lipinski definition) is 3. The predicted octanol–water partition coefficient (Wildman–Crippen LogP) is 3.90. The van der Waals surface area contributed by atoms with Crippen molar-refractivity contribution >= 4 is 16.9 Å². The summed E-state index contributed by atoms with van der Waals surface area (Å²) in [5, 5.41) is 2.71. The maximum Gasteiger partial charge on any atom is 0.405 e. The number of amides is 1. The zero-order valence-electron chi connectivity index (χ0n) is 18.4. The fraction of sp³-hybridized carbons (Fsp3) is 0.435. The van der Waals surface area contributed by atoms with Crippen molar-refractivity contribution in [1.29, 1.82) is 0 Å². The van der Waals surface area contributed by atoms with Crippen molar-refractivity contribution in [2.75, 3.05) is 13.2 Å². The molecule has 1 fully saturated rings. The molecule has 1 saturated carbocycles. The van der Waals surface area contributed by atoms with Crippen molar-refractivity contribution in [2.24, 2.45) is 17.6 Å². The maximum absolute atomic E-state index is 12.7. The van der Waals surface area contributed by atoms with Gasteiger partial charge in [0.1, 0.15) is 23.5 Å². The lowest BCUT2D eigenvalue weighted by atomic mass is 9.80. The van der Waals surface area contributed by atoms with Gasteiger partial charge in [-0.1, -0.05) is 13.8 Å². The highest BCUT2D eigenvalue weighted by Gasteiger charge is 2.41. The van der Waals surface area contributed by atoms with E-state index in [4.69, 9.17) is 10.5 Å². The molecule has 0 aliphatic heterocycles. The molecule has 3 aromatic heterocycles. The van der Waals surface area contributed by atoms with Gasteiger partial charge in [0.25, 0.3) is 0 Å². The van der Waals surface area contributed by atoms with E-state index < -0.39 is 30.1 Å². The van der Waals surface area contributed by atoms with Crippen LogP contribution in [0, 0.1) is 11.8 Å². The summed E-state index contributed by atoms with van der Waals surface area (Å²) in [6.45, 7) is 2.56. The molecule has 7 nitrogen and oxygen atoms in total. The van der Waals surface area contributed by atoms with Crippen LogP contribution in [0.4, 0.5) is 13.2 Å². The minimum absolute atomic E-state index is 0.318. The highest BCUT2D eigenvalue weighted by Crippen LogP contribution is 2.35. The Labute approximate surface area is 188 Å². The topological polar surface area (TPSA) is 106 Å². The summed E-state index contributed by atoms with van der Waals surface area (Å²) in [5.41, 5.74) is 7.10. The summed E-state index contributed by atoms with van der Waals surface area (Å²) in [5.74, 6) is -0.148. The number of nitrogens with zero attached hydrogens (tertiary/aromatic N) is 2. The largest absolute Gasteiger partial charge is 0.492 e. The highest BCUT2D eigenvalue weighted by atomic mass is 19.4. The van der Waals surface area contributed by atoms with E-state index in [1.54, 1.807) is 38.5 Å². The van der Waals surface area contributed by atoms with Gasteiger partial charge in [-0.2, -0.15) is 13.2 Å². The lowest BCUT2D eigenvalue weighted by molar-refractivity contribution is -0.143. The van der Waals surface area contributed by atoms with Crippen molar-refractivity contribution in [3.63, 3.8) is 0 Å². The lowest BCUT2D eigenvalue weighted by Gasteiger charge is -2.32. The molecule has 4 N–H and O–H groups in total. The third kappa shape index (κ3) is 4.95. The van der Waals surface area contributed by atoms with Crippen LogP contribution in [0.2, 0.25) is 0 Å². The molecule has 10 heteroatoms. The van der Waals surface area contributed by atoms with E-state index in [2.05, 4.69) is 15.0 Å². The van der Waals surface area contributed by atoms with E-state index in [0.29, 0.717) is 35.0 Å². The number of carbonyl (C=O) groups is 1. The molecule has 0 radical (unpaired) electrons. The summed E-state index contributed by atoms with van der Waals surface area (Å²) in [4.78, 5) is 24.5. The van der Waals surface area contributed by atoms with Crippen LogP contribution in [0.3, 0.4) is 0 Å².